The van der Waals surface area contributed by atoms with Crippen molar-refractivity contribution in [3.8, 4) is 11.5 Å². The Balaban J connectivity index is 1.93. The minimum atomic E-state index is -4.04. The number of benzene rings is 3. The predicted molar refractivity (Wildman–Crippen MR) is 136 cm³/mol. The number of carbonyl (C=O) groups is 1. The van der Waals surface area contributed by atoms with Crippen molar-refractivity contribution in [2.45, 2.75) is 11.4 Å². The Morgan fingerprint density at radius 2 is 1.62 bits per heavy atom. The van der Waals surface area contributed by atoms with Crippen molar-refractivity contribution in [3.05, 3.63) is 80.7 Å². The number of anilines is 1. The molecular formula is C23H21BrCl2N2O5S. The van der Waals surface area contributed by atoms with E-state index >= 15 is 0 Å². The fraction of sp³-hybridized carbons (Fsp3) is 0.174. The number of hydrogen-bond acceptors (Lipinski definition) is 5. The molecule has 0 aliphatic heterocycles. The van der Waals surface area contributed by atoms with Crippen molar-refractivity contribution >= 4 is 60.7 Å². The standard InChI is InChI=1S/C23H21BrCl2N2O5S/c1-32-21-12-20(22(33-2)11-19(21)26)27-23(29)14-28(13-15-5-3-4-6-18(15)25)34(30,31)17-9-7-16(24)8-10-17/h3-12H,13-14H2,1-2H3,(H,27,29). The van der Waals surface area contributed by atoms with Crippen molar-refractivity contribution < 1.29 is 22.7 Å². The van der Waals surface area contributed by atoms with Crippen LogP contribution in [0.15, 0.2) is 70.0 Å². The van der Waals surface area contributed by atoms with Gasteiger partial charge in [0.2, 0.25) is 15.9 Å². The second kappa shape index (κ2) is 11.4. The third-order valence-corrected chi connectivity index (χ3v) is 7.82. The Labute approximate surface area is 216 Å². The lowest BCUT2D eigenvalue weighted by Gasteiger charge is -2.23. The van der Waals surface area contributed by atoms with E-state index in [1.165, 1.54) is 38.5 Å². The largest absolute Gasteiger partial charge is 0.495 e. The van der Waals surface area contributed by atoms with Gasteiger partial charge in [0.1, 0.15) is 11.5 Å². The van der Waals surface area contributed by atoms with Gasteiger partial charge in [0.25, 0.3) is 0 Å². The molecule has 34 heavy (non-hydrogen) atoms. The molecule has 0 aliphatic rings. The molecular weight excluding hydrogens is 567 g/mol. The fourth-order valence-electron chi connectivity index (χ4n) is 3.11. The van der Waals surface area contributed by atoms with Crippen LogP contribution in [0.5, 0.6) is 11.5 Å². The maximum absolute atomic E-state index is 13.4. The summed E-state index contributed by atoms with van der Waals surface area (Å²) in [6.07, 6.45) is 0. The molecule has 180 valence electrons. The van der Waals surface area contributed by atoms with E-state index in [1.54, 1.807) is 36.4 Å². The van der Waals surface area contributed by atoms with Crippen molar-refractivity contribution in [2.24, 2.45) is 0 Å². The van der Waals surface area contributed by atoms with Crippen LogP contribution in [0, 0.1) is 0 Å². The SMILES string of the molecule is COc1cc(NC(=O)CN(Cc2ccccc2Cl)S(=O)(=O)c2ccc(Br)cc2)c(OC)cc1Cl. The zero-order chi connectivity index (χ0) is 24.9. The Kier molecular flexibility index (Phi) is 8.83. The van der Waals surface area contributed by atoms with Crippen molar-refractivity contribution in [2.75, 3.05) is 26.1 Å². The average molecular weight is 588 g/mol. The first-order chi connectivity index (χ1) is 16.1. The molecule has 0 unspecified atom stereocenters. The first kappa shape index (κ1) is 26.3. The van der Waals surface area contributed by atoms with E-state index in [2.05, 4.69) is 21.2 Å². The molecule has 3 rings (SSSR count). The van der Waals surface area contributed by atoms with Crippen LogP contribution in [-0.4, -0.2) is 39.4 Å². The molecule has 3 aromatic carbocycles. The van der Waals surface area contributed by atoms with Crippen LogP contribution < -0.4 is 14.8 Å². The second-order valence-corrected chi connectivity index (χ2v) is 10.7. The van der Waals surface area contributed by atoms with Crippen molar-refractivity contribution in [3.63, 3.8) is 0 Å². The summed E-state index contributed by atoms with van der Waals surface area (Å²) < 4.78 is 39.2. The third-order valence-electron chi connectivity index (χ3n) is 4.82. The van der Waals surface area contributed by atoms with Crippen LogP contribution in [0.1, 0.15) is 5.56 Å². The summed E-state index contributed by atoms with van der Waals surface area (Å²) in [6.45, 7) is -0.579. The van der Waals surface area contributed by atoms with E-state index < -0.39 is 22.5 Å². The summed E-state index contributed by atoms with van der Waals surface area (Å²) in [7, 11) is -1.17. The Morgan fingerprint density at radius 3 is 2.24 bits per heavy atom. The monoisotopic (exact) mass is 586 g/mol. The van der Waals surface area contributed by atoms with Crippen molar-refractivity contribution in [1.29, 1.82) is 0 Å². The van der Waals surface area contributed by atoms with E-state index in [4.69, 9.17) is 32.7 Å². The summed E-state index contributed by atoms with van der Waals surface area (Å²) in [5.41, 5.74) is 0.843. The number of carbonyl (C=O) groups excluding carboxylic acids is 1. The lowest BCUT2D eigenvalue weighted by Crippen LogP contribution is -2.37. The molecule has 0 aliphatic carbocycles. The van der Waals surface area contributed by atoms with E-state index in [-0.39, 0.29) is 17.1 Å². The molecule has 0 bridgehead atoms. The molecule has 0 fully saturated rings. The minimum absolute atomic E-state index is 0.0429. The highest BCUT2D eigenvalue weighted by atomic mass is 79.9. The predicted octanol–water partition coefficient (Wildman–Crippen LogP) is 5.60. The number of sulfonamides is 1. The van der Waals surface area contributed by atoms with E-state index in [1.807, 2.05) is 0 Å². The highest BCUT2D eigenvalue weighted by Gasteiger charge is 2.28. The number of methoxy groups -OCH3 is 2. The number of halogens is 3. The van der Waals surface area contributed by atoms with E-state index in [9.17, 15) is 13.2 Å². The highest BCUT2D eigenvalue weighted by Crippen LogP contribution is 2.36. The molecule has 0 saturated heterocycles. The lowest BCUT2D eigenvalue weighted by atomic mass is 10.2. The summed E-state index contributed by atoms with van der Waals surface area (Å²) in [5.74, 6) is 0.0381. The first-order valence-electron chi connectivity index (χ1n) is 9.86. The average Bonchev–Trinajstić information content (AvgIpc) is 2.81. The number of hydrogen-bond donors (Lipinski definition) is 1. The van der Waals surface area contributed by atoms with Gasteiger partial charge in [0.05, 0.1) is 36.4 Å². The van der Waals surface area contributed by atoms with Gasteiger partial charge >= 0.3 is 0 Å². The van der Waals surface area contributed by atoms with Gasteiger partial charge < -0.3 is 14.8 Å². The van der Waals surface area contributed by atoms with E-state index in [0.717, 1.165) is 8.78 Å². The summed E-state index contributed by atoms with van der Waals surface area (Å²) in [4.78, 5) is 13.0. The summed E-state index contributed by atoms with van der Waals surface area (Å²) in [5, 5.41) is 3.37. The Morgan fingerprint density at radius 1 is 0.971 bits per heavy atom. The number of rotatable bonds is 9. The number of nitrogens with zero attached hydrogens (tertiary/aromatic N) is 1. The quantitative estimate of drug-likeness (QED) is 0.352. The molecule has 0 heterocycles. The molecule has 11 heteroatoms. The number of nitrogens with one attached hydrogen (secondary N) is 1. The topological polar surface area (TPSA) is 84.9 Å². The molecule has 3 aromatic rings. The zero-order valence-electron chi connectivity index (χ0n) is 18.2. The first-order valence-corrected chi connectivity index (χ1v) is 12.8. The third kappa shape index (κ3) is 6.22. The molecule has 0 radical (unpaired) electrons. The van der Waals surface area contributed by atoms with Gasteiger partial charge in [0.15, 0.2) is 0 Å². The maximum atomic E-state index is 13.4. The highest BCUT2D eigenvalue weighted by molar-refractivity contribution is 9.10. The van der Waals surface area contributed by atoms with E-state index in [0.29, 0.717) is 27.1 Å². The van der Waals surface area contributed by atoms with Crippen LogP contribution in [0.3, 0.4) is 0 Å². The normalized spacial score (nSPS) is 11.4. The summed E-state index contributed by atoms with van der Waals surface area (Å²) in [6, 6.07) is 16.0. The minimum Gasteiger partial charge on any atom is -0.495 e. The number of ether oxygens (including phenoxy) is 2. The van der Waals surface area contributed by atoms with Gasteiger partial charge in [0, 0.05) is 28.2 Å². The Hall–Kier alpha value is -2.30. The van der Waals surface area contributed by atoms with Crippen molar-refractivity contribution in [1.82, 2.24) is 4.31 Å². The lowest BCUT2D eigenvalue weighted by molar-refractivity contribution is -0.116. The van der Waals surface area contributed by atoms with Gasteiger partial charge in [-0.2, -0.15) is 4.31 Å². The van der Waals surface area contributed by atoms with Crippen LogP contribution in [0.4, 0.5) is 5.69 Å². The molecule has 1 N–H and O–H groups in total. The number of amides is 1. The Bertz CT molecular complexity index is 1290. The molecule has 0 atom stereocenters. The van der Waals surface area contributed by atoms with Crippen LogP contribution in [0.25, 0.3) is 0 Å². The molecule has 0 aromatic heterocycles. The maximum Gasteiger partial charge on any atom is 0.243 e. The van der Waals surface area contributed by atoms with Gasteiger partial charge in [-0.05, 0) is 35.9 Å². The van der Waals surface area contributed by atoms with Gasteiger partial charge in [-0.1, -0.05) is 57.3 Å². The van der Waals surface area contributed by atoms with Crippen LogP contribution in [0.2, 0.25) is 10.0 Å². The zero-order valence-corrected chi connectivity index (χ0v) is 22.1. The summed E-state index contributed by atoms with van der Waals surface area (Å²) >= 11 is 15.7. The van der Waals surface area contributed by atoms with Crippen LogP contribution >= 0.6 is 39.1 Å². The van der Waals surface area contributed by atoms with Gasteiger partial charge in [-0.25, -0.2) is 8.42 Å². The molecule has 7 nitrogen and oxygen atoms in total. The second-order valence-electron chi connectivity index (χ2n) is 7.05. The smallest absolute Gasteiger partial charge is 0.243 e. The fourth-order valence-corrected chi connectivity index (χ4v) is 5.17. The molecule has 1 amide bonds. The molecule has 0 saturated carbocycles. The van der Waals surface area contributed by atoms with Crippen LogP contribution in [-0.2, 0) is 21.4 Å². The van der Waals surface area contributed by atoms with Gasteiger partial charge in [-0.3, -0.25) is 4.79 Å². The molecule has 0 spiro atoms. The van der Waals surface area contributed by atoms with Gasteiger partial charge in [-0.15, -0.1) is 0 Å².